The lowest BCUT2D eigenvalue weighted by Gasteiger charge is -2.35. The molecule has 0 unspecified atom stereocenters. The highest BCUT2D eigenvalue weighted by Gasteiger charge is 2.28. The molecule has 1 aliphatic carbocycles. The summed E-state index contributed by atoms with van der Waals surface area (Å²) in [4.78, 5) is 4.85. The zero-order chi connectivity index (χ0) is 16.7. The molecule has 0 aromatic carbocycles. The van der Waals surface area contributed by atoms with Gasteiger partial charge < -0.3 is 5.32 Å². The maximum absolute atomic E-state index is 6.25. The quantitative estimate of drug-likeness (QED) is 0.625. The van der Waals surface area contributed by atoms with E-state index in [2.05, 4.69) is 40.4 Å². The van der Waals surface area contributed by atoms with Crippen molar-refractivity contribution in [3.63, 3.8) is 0 Å². The van der Waals surface area contributed by atoms with Crippen molar-refractivity contribution in [2.75, 3.05) is 5.32 Å². The molecule has 126 valence electrons. The molecule has 1 N–H and O–H groups in total. The highest BCUT2D eigenvalue weighted by Crippen LogP contribution is 2.36. The molecule has 0 bridgehead atoms. The van der Waals surface area contributed by atoms with Crippen LogP contribution in [0, 0.1) is 11.8 Å². The van der Waals surface area contributed by atoms with Crippen molar-refractivity contribution in [2.45, 2.75) is 39.2 Å². The number of hydrogen-bond donors (Lipinski definition) is 1. The smallest absolute Gasteiger partial charge is 0.139 e. The second kappa shape index (κ2) is 6.41. The number of fused-ring (bicyclic) bond motifs is 1. The summed E-state index contributed by atoms with van der Waals surface area (Å²) in [6, 6.07) is 6.49. The predicted octanol–water partition coefficient (Wildman–Crippen LogP) is 5.95. The largest absolute Gasteiger partial charge is 0.366 e. The van der Waals surface area contributed by atoms with Gasteiger partial charge in [0.1, 0.15) is 17.2 Å². The van der Waals surface area contributed by atoms with Crippen molar-refractivity contribution >= 4 is 34.4 Å². The van der Waals surface area contributed by atoms with Crippen LogP contribution in [0.3, 0.4) is 0 Å². The molecule has 3 nitrogen and oxygen atoms in total. The first-order valence-corrected chi connectivity index (χ1v) is 9.92. The van der Waals surface area contributed by atoms with E-state index in [9.17, 15) is 0 Å². The number of anilines is 1. The predicted molar refractivity (Wildman–Crippen MR) is 103 cm³/mol. The average Bonchev–Trinajstić information content (AvgIpc) is 3.20. The Morgan fingerprint density at radius 3 is 2.92 bits per heavy atom. The summed E-state index contributed by atoms with van der Waals surface area (Å²) >= 11 is 7.95. The Bertz CT molecular complexity index is 840. The number of halogens is 1. The van der Waals surface area contributed by atoms with Gasteiger partial charge in [-0.2, -0.15) is 11.3 Å². The zero-order valence-electron chi connectivity index (χ0n) is 14.0. The number of aromatic nitrogens is 2. The minimum absolute atomic E-state index is 0.477. The fraction of sp³-hybridized carbons (Fsp3) is 0.421. The van der Waals surface area contributed by atoms with Crippen molar-refractivity contribution in [3.05, 3.63) is 40.2 Å². The number of thiophene rings is 1. The monoisotopic (exact) mass is 359 g/mol. The van der Waals surface area contributed by atoms with Gasteiger partial charge in [-0.15, -0.1) is 0 Å². The van der Waals surface area contributed by atoms with Crippen LogP contribution >= 0.6 is 22.9 Å². The molecule has 0 aliphatic heterocycles. The van der Waals surface area contributed by atoms with Gasteiger partial charge in [-0.3, -0.25) is 4.40 Å². The fourth-order valence-corrected chi connectivity index (χ4v) is 4.52. The van der Waals surface area contributed by atoms with Gasteiger partial charge in [-0.1, -0.05) is 38.3 Å². The summed E-state index contributed by atoms with van der Waals surface area (Å²) < 4.78 is 2.10. The van der Waals surface area contributed by atoms with Crippen molar-refractivity contribution in [3.8, 4) is 11.3 Å². The molecule has 1 saturated carbocycles. The lowest BCUT2D eigenvalue weighted by molar-refractivity contribution is 0.253. The molecule has 0 saturated heterocycles. The topological polar surface area (TPSA) is 29.3 Å². The van der Waals surface area contributed by atoms with Crippen LogP contribution in [0.4, 0.5) is 5.82 Å². The Labute approximate surface area is 151 Å². The van der Waals surface area contributed by atoms with Gasteiger partial charge >= 0.3 is 0 Å². The van der Waals surface area contributed by atoms with Crippen LogP contribution in [0.15, 0.2) is 35.2 Å². The van der Waals surface area contributed by atoms with Crippen LogP contribution in [-0.4, -0.2) is 15.4 Å². The molecule has 0 radical (unpaired) electrons. The number of pyridine rings is 1. The maximum Gasteiger partial charge on any atom is 0.139 e. The molecule has 0 spiro atoms. The molecule has 3 heterocycles. The fourth-order valence-electron chi connectivity index (χ4n) is 3.72. The van der Waals surface area contributed by atoms with Crippen molar-refractivity contribution in [2.24, 2.45) is 11.8 Å². The van der Waals surface area contributed by atoms with Crippen LogP contribution in [0.2, 0.25) is 5.02 Å². The minimum atomic E-state index is 0.477. The van der Waals surface area contributed by atoms with E-state index in [1.807, 2.05) is 18.3 Å². The molecule has 24 heavy (non-hydrogen) atoms. The molecule has 4 rings (SSSR count). The lowest BCUT2D eigenvalue weighted by atomic mass is 9.78. The van der Waals surface area contributed by atoms with Gasteiger partial charge in [0, 0.05) is 23.2 Å². The van der Waals surface area contributed by atoms with Gasteiger partial charge in [0.05, 0.1) is 5.02 Å². The second-order valence-electron chi connectivity index (χ2n) is 6.91. The van der Waals surface area contributed by atoms with E-state index in [-0.39, 0.29) is 0 Å². The SMILES string of the molecule is C[C@H]1[C@@H](Nc2c(-c3ccsc3)nc3ccc(Cl)cn23)CCC[C@@H]1C. The summed E-state index contributed by atoms with van der Waals surface area (Å²) in [6.45, 7) is 4.73. The number of imidazole rings is 1. The zero-order valence-corrected chi connectivity index (χ0v) is 15.6. The van der Waals surface area contributed by atoms with E-state index >= 15 is 0 Å². The second-order valence-corrected chi connectivity index (χ2v) is 8.13. The number of nitrogens with one attached hydrogen (secondary N) is 1. The third-order valence-electron chi connectivity index (χ3n) is 5.41. The number of rotatable bonds is 3. The molecular formula is C19H22ClN3S. The van der Waals surface area contributed by atoms with E-state index < -0.39 is 0 Å². The Morgan fingerprint density at radius 2 is 2.12 bits per heavy atom. The van der Waals surface area contributed by atoms with Gasteiger partial charge in [-0.25, -0.2) is 4.98 Å². The van der Waals surface area contributed by atoms with Crippen LogP contribution < -0.4 is 5.32 Å². The summed E-state index contributed by atoms with van der Waals surface area (Å²) in [7, 11) is 0. The van der Waals surface area contributed by atoms with Crippen LogP contribution in [-0.2, 0) is 0 Å². The third-order valence-corrected chi connectivity index (χ3v) is 6.31. The molecule has 3 aromatic rings. The standard InChI is InChI=1S/C19H22ClN3S/c1-12-4-3-5-16(13(12)2)21-19-18(14-8-9-24-11-14)22-17-7-6-15(20)10-23(17)19/h6-13,16,21H,3-5H2,1-2H3/t12-,13+,16-/m0/s1. The summed E-state index contributed by atoms with van der Waals surface area (Å²) in [5, 5.41) is 8.79. The molecule has 0 amide bonds. The van der Waals surface area contributed by atoms with E-state index in [1.165, 1.54) is 24.8 Å². The Kier molecular flexibility index (Phi) is 4.27. The average molecular weight is 360 g/mol. The molecule has 5 heteroatoms. The molecule has 3 aromatic heterocycles. The van der Waals surface area contributed by atoms with Crippen LogP contribution in [0.1, 0.15) is 33.1 Å². The van der Waals surface area contributed by atoms with Crippen molar-refractivity contribution in [1.82, 2.24) is 9.38 Å². The van der Waals surface area contributed by atoms with E-state index in [1.54, 1.807) is 11.3 Å². The Morgan fingerprint density at radius 1 is 1.25 bits per heavy atom. The molecule has 1 aliphatic rings. The Balaban J connectivity index is 1.80. The lowest BCUT2D eigenvalue weighted by Crippen LogP contribution is -2.35. The minimum Gasteiger partial charge on any atom is -0.366 e. The normalized spacial score (nSPS) is 24.4. The molecule has 1 fully saturated rings. The van der Waals surface area contributed by atoms with Gasteiger partial charge in [0.25, 0.3) is 0 Å². The first-order chi connectivity index (χ1) is 11.6. The molecule has 3 atom stereocenters. The van der Waals surface area contributed by atoms with Gasteiger partial charge in [0.15, 0.2) is 0 Å². The maximum atomic E-state index is 6.25. The summed E-state index contributed by atoms with van der Waals surface area (Å²) in [5.41, 5.74) is 3.11. The van der Waals surface area contributed by atoms with Crippen LogP contribution in [0.25, 0.3) is 16.9 Å². The van der Waals surface area contributed by atoms with E-state index in [0.717, 1.165) is 28.1 Å². The highest BCUT2D eigenvalue weighted by atomic mass is 35.5. The summed E-state index contributed by atoms with van der Waals surface area (Å²) in [6.07, 6.45) is 5.78. The first-order valence-electron chi connectivity index (χ1n) is 8.60. The first kappa shape index (κ1) is 16.0. The molecular weight excluding hydrogens is 338 g/mol. The summed E-state index contributed by atoms with van der Waals surface area (Å²) in [5.74, 6) is 2.47. The van der Waals surface area contributed by atoms with Gasteiger partial charge in [0.2, 0.25) is 0 Å². The van der Waals surface area contributed by atoms with Gasteiger partial charge in [-0.05, 0) is 41.8 Å². The highest BCUT2D eigenvalue weighted by molar-refractivity contribution is 7.08. The third kappa shape index (κ3) is 2.82. The van der Waals surface area contributed by atoms with Crippen molar-refractivity contribution in [1.29, 1.82) is 0 Å². The Hall–Kier alpha value is -1.52. The number of hydrogen-bond acceptors (Lipinski definition) is 3. The van der Waals surface area contributed by atoms with Crippen LogP contribution in [0.5, 0.6) is 0 Å². The number of nitrogens with zero attached hydrogens (tertiary/aromatic N) is 2. The van der Waals surface area contributed by atoms with Crippen molar-refractivity contribution < 1.29 is 0 Å². The van der Waals surface area contributed by atoms with E-state index in [0.29, 0.717) is 12.0 Å². The van der Waals surface area contributed by atoms with E-state index in [4.69, 9.17) is 16.6 Å².